The van der Waals surface area contributed by atoms with Gasteiger partial charge in [-0.15, -0.1) is 0 Å². The van der Waals surface area contributed by atoms with Crippen LogP contribution in [0.3, 0.4) is 0 Å². The second kappa shape index (κ2) is 8.16. The Morgan fingerprint density at radius 1 is 1.17 bits per heavy atom. The molecule has 3 atom stereocenters. The normalized spacial score (nSPS) is 29.2. The Kier molecular flexibility index (Phi) is 7.25. The molecule has 2 heteroatoms. The highest BCUT2D eigenvalue weighted by molar-refractivity contribution is 4.85. The van der Waals surface area contributed by atoms with Gasteiger partial charge in [-0.05, 0) is 70.6 Å². The van der Waals surface area contributed by atoms with Gasteiger partial charge in [0.1, 0.15) is 0 Å². The highest BCUT2D eigenvalue weighted by Gasteiger charge is 2.29. The van der Waals surface area contributed by atoms with Crippen LogP contribution in [0.2, 0.25) is 0 Å². The summed E-state index contributed by atoms with van der Waals surface area (Å²) >= 11 is 0. The van der Waals surface area contributed by atoms with Crippen molar-refractivity contribution in [1.82, 2.24) is 10.2 Å². The van der Waals surface area contributed by atoms with Crippen molar-refractivity contribution in [2.45, 2.75) is 58.9 Å². The molecule has 3 unspecified atom stereocenters. The van der Waals surface area contributed by atoms with Crippen LogP contribution in [-0.2, 0) is 0 Å². The first-order chi connectivity index (χ1) is 8.50. The Balaban J connectivity index is 2.24. The first-order valence-electron chi connectivity index (χ1n) is 7.88. The molecule has 0 aromatic rings. The zero-order valence-electron chi connectivity index (χ0n) is 13.2. The smallest absolute Gasteiger partial charge is 0.0100 e. The van der Waals surface area contributed by atoms with Crippen molar-refractivity contribution in [3.05, 3.63) is 0 Å². The van der Waals surface area contributed by atoms with Crippen molar-refractivity contribution in [3.63, 3.8) is 0 Å². The van der Waals surface area contributed by atoms with Gasteiger partial charge in [0.15, 0.2) is 0 Å². The van der Waals surface area contributed by atoms with Crippen molar-refractivity contribution < 1.29 is 0 Å². The molecule has 2 nitrogen and oxygen atoms in total. The maximum absolute atomic E-state index is 3.84. The standard InChI is InChI=1S/C16H34N2/c1-13(2)15-9-8-14(3)12-16(15)17-10-6-7-11-18(4)5/h13-17H,6-12H2,1-5H3. The Hall–Kier alpha value is -0.0800. The van der Waals surface area contributed by atoms with Gasteiger partial charge in [0.2, 0.25) is 0 Å². The average molecular weight is 254 g/mol. The van der Waals surface area contributed by atoms with E-state index >= 15 is 0 Å². The summed E-state index contributed by atoms with van der Waals surface area (Å²) in [5.74, 6) is 2.64. The van der Waals surface area contributed by atoms with E-state index in [0.29, 0.717) is 0 Å². The lowest BCUT2D eigenvalue weighted by Crippen LogP contribution is -2.43. The first kappa shape index (κ1) is 16.0. The molecule has 1 rings (SSSR count). The summed E-state index contributed by atoms with van der Waals surface area (Å²) < 4.78 is 0. The Labute approximate surface area is 115 Å². The molecule has 108 valence electrons. The molecule has 0 aromatic carbocycles. The van der Waals surface area contributed by atoms with E-state index in [4.69, 9.17) is 0 Å². The van der Waals surface area contributed by atoms with Gasteiger partial charge in [0.05, 0.1) is 0 Å². The first-order valence-corrected chi connectivity index (χ1v) is 7.88. The van der Waals surface area contributed by atoms with Crippen molar-refractivity contribution in [2.75, 3.05) is 27.2 Å². The summed E-state index contributed by atoms with van der Waals surface area (Å²) in [6.45, 7) is 9.62. The van der Waals surface area contributed by atoms with Crippen LogP contribution in [-0.4, -0.2) is 38.1 Å². The minimum atomic E-state index is 0.771. The molecule has 0 heterocycles. The molecular weight excluding hydrogens is 220 g/mol. The van der Waals surface area contributed by atoms with Crippen molar-refractivity contribution in [3.8, 4) is 0 Å². The van der Waals surface area contributed by atoms with Crippen molar-refractivity contribution in [1.29, 1.82) is 0 Å². The van der Waals surface area contributed by atoms with Crippen LogP contribution in [0.15, 0.2) is 0 Å². The summed E-state index contributed by atoms with van der Waals surface area (Å²) in [6.07, 6.45) is 6.87. The molecule has 0 saturated heterocycles. The molecule has 1 aliphatic rings. The van der Waals surface area contributed by atoms with E-state index < -0.39 is 0 Å². The molecule has 0 spiro atoms. The largest absolute Gasteiger partial charge is 0.314 e. The molecule has 1 saturated carbocycles. The second-order valence-electron chi connectivity index (χ2n) is 6.90. The summed E-state index contributed by atoms with van der Waals surface area (Å²) in [5, 5.41) is 3.84. The number of nitrogens with zero attached hydrogens (tertiary/aromatic N) is 1. The number of unbranched alkanes of at least 4 members (excludes halogenated alkanes) is 1. The number of rotatable bonds is 7. The molecule has 1 fully saturated rings. The SMILES string of the molecule is CC1CCC(C(C)C)C(NCCCCN(C)C)C1. The molecule has 1 N–H and O–H groups in total. The van der Waals surface area contributed by atoms with Gasteiger partial charge in [0.25, 0.3) is 0 Å². The van der Waals surface area contributed by atoms with Crippen molar-refractivity contribution in [2.24, 2.45) is 17.8 Å². The highest BCUT2D eigenvalue weighted by Crippen LogP contribution is 2.33. The van der Waals surface area contributed by atoms with Gasteiger partial charge >= 0.3 is 0 Å². The van der Waals surface area contributed by atoms with Crippen LogP contribution >= 0.6 is 0 Å². The van der Waals surface area contributed by atoms with Gasteiger partial charge in [-0.1, -0.05) is 27.2 Å². The predicted molar refractivity (Wildman–Crippen MR) is 80.9 cm³/mol. The Morgan fingerprint density at radius 2 is 1.89 bits per heavy atom. The topological polar surface area (TPSA) is 15.3 Å². The third kappa shape index (κ3) is 5.71. The van der Waals surface area contributed by atoms with Crippen LogP contribution in [0.4, 0.5) is 0 Å². The summed E-state index contributed by atoms with van der Waals surface area (Å²) in [4.78, 5) is 2.28. The Morgan fingerprint density at radius 3 is 2.50 bits per heavy atom. The number of hydrogen-bond donors (Lipinski definition) is 1. The number of hydrogen-bond acceptors (Lipinski definition) is 2. The molecular formula is C16H34N2. The van der Waals surface area contributed by atoms with Crippen LogP contribution in [0.1, 0.15) is 52.9 Å². The minimum absolute atomic E-state index is 0.771. The minimum Gasteiger partial charge on any atom is -0.314 e. The molecule has 0 radical (unpaired) electrons. The fourth-order valence-electron chi connectivity index (χ4n) is 3.28. The maximum atomic E-state index is 3.84. The van der Waals surface area contributed by atoms with Crippen LogP contribution in [0.5, 0.6) is 0 Å². The summed E-state index contributed by atoms with van der Waals surface area (Å²) in [5.41, 5.74) is 0. The van der Waals surface area contributed by atoms with Gasteiger partial charge in [0, 0.05) is 6.04 Å². The average Bonchev–Trinajstić information content (AvgIpc) is 2.27. The molecule has 1 aliphatic carbocycles. The predicted octanol–water partition coefficient (Wildman–Crippen LogP) is 3.38. The monoisotopic (exact) mass is 254 g/mol. The highest BCUT2D eigenvalue weighted by atomic mass is 15.0. The third-order valence-electron chi connectivity index (χ3n) is 4.46. The maximum Gasteiger partial charge on any atom is 0.0100 e. The van der Waals surface area contributed by atoms with E-state index in [-0.39, 0.29) is 0 Å². The molecule has 18 heavy (non-hydrogen) atoms. The summed E-state index contributed by atoms with van der Waals surface area (Å²) in [6, 6.07) is 0.771. The molecule has 0 bridgehead atoms. The van der Waals surface area contributed by atoms with Crippen LogP contribution in [0, 0.1) is 17.8 Å². The Bertz CT molecular complexity index is 213. The lowest BCUT2D eigenvalue weighted by molar-refractivity contribution is 0.170. The van der Waals surface area contributed by atoms with Crippen LogP contribution in [0.25, 0.3) is 0 Å². The lowest BCUT2D eigenvalue weighted by atomic mass is 9.74. The lowest BCUT2D eigenvalue weighted by Gasteiger charge is -2.38. The van der Waals surface area contributed by atoms with E-state index in [9.17, 15) is 0 Å². The zero-order valence-corrected chi connectivity index (χ0v) is 13.2. The number of nitrogens with one attached hydrogen (secondary N) is 1. The van der Waals surface area contributed by atoms with E-state index in [1.54, 1.807) is 0 Å². The van der Waals surface area contributed by atoms with Gasteiger partial charge in [-0.25, -0.2) is 0 Å². The molecule has 0 aromatic heterocycles. The van der Waals surface area contributed by atoms with Gasteiger partial charge in [-0.3, -0.25) is 0 Å². The van der Waals surface area contributed by atoms with E-state index in [1.165, 1.54) is 45.2 Å². The fourth-order valence-corrected chi connectivity index (χ4v) is 3.28. The third-order valence-corrected chi connectivity index (χ3v) is 4.46. The van der Waals surface area contributed by atoms with Crippen molar-refractivity contribution >= 4 is 0 Å². The fraction of sp³-hybridized carbons (Fsp3) is 1.00. The van der Waals surface area contributed by atoms with Gasteiger partial charge < -0.3 is 10.2 Å². The molecule has 0 aliphatic heterocycles. The van der Waals surface area contributed by atoms with E-state index in [0.717, 1.165) is 23.8 Å². The molecule has 0 amide bonds. The van der Waals surface area contributed by atoms with E-state index in [1.807, 2.05) is 0 Å². The van der Waals surface area contributed by atoms with E-state index in [2.05, 4.69) is 45.1 Å². The van der Waals surface area contributed by atoms with Gasteiger partial charge in [-0.2, -0.15) is 0 Å². The summed E-state index contributed by atoms with van der Waals surface area (Å²) in [7, 11) is 4.32. The second-order valence-corrected chi connectivity index (χ2v) is 6.90. The zero-order chi connectivity index (χ0) is 13.5. The quantitative estimate of drug-likeness (QED) is 0.701. The van der Waals surface area contributed by atoms with Crippen LogP contribution < -0.4 is 5.32 Å².